The Morgan fingerprint density at radius 2 is 2.15 bits per heavy atom. The Hall–Kier alpha value is -1.24. The molecule has 0 aromatic heterocycles. The molecule has 68 valence electrons. The molecule has 2 rings (SSSR count). The van der Waals surface area contributed by atoms with E-state index in [1.54, 1.807) is 7.11 Å². The number of hydrogen-bond donors (Lipinski definition) is 0. The van der Waals surface area contributed by atoms with E-state index >= 15 is 0 Å². The third kappa shape index (κ3) is 1.59. The molecule has 0 saturated carbocycles. The monoisotopic (exact) mass is 174 g/mol. The average molecular weight is 174 g/mol. The van der Waals surface area contributed by atoms with E-state index in [9.17, 15) is 0 Å². The summed E-state index contributed by atoms with van der Waals surface area (Å²) in [6, 6.07) is 6.23. The summed E-state index contributed by atoms with van der Waals surface area (Å²) in [5, 5.41) is 2.64. The molecule has 0 fully saturated rings. The van der Waals surface area contributed by atoms with Crippen LogP contribution >= 0.6 is 0 Å². The van der Waals surface area contributed by atoms with Crippen LogP contribution in [0.5, 0.6) is 5.75 Å². The Morgan fingerprint density at radius 3 is 2.92 bits per heavy atom. The van der Waals surface area contributed by atoms with Crippen molar-refractivity contribution in [3.05, 3.63) is 28.6 Å². The predicted molar refractivity (Wildman–Crippen MR) is 55.0 cm³/mol. The van der Waals surface area contributed by atoms with Gasteiger partial charge in [0.25, 0.3) is 0 Å². The first-order chi connectivity index (χ1) is 6.29. The maximum absolute atomic E-state index is 5.18. The van der Waals surface area contributed by atoms with Gasteiger partial charge in [-0.2, -0.15) is 0 Å². The SMILES string of the molecule is COc1ccc2c(c1)=CC(C)CC=2. The molecule has 1 aromatic rings. The standard InChI is InChI=1S/C12H14O/c1-9-3-4-10-5-6-12(13-2)8-11(10)7-9/h4-9H,3H2,1-2H3. The second-order valence-corrected chi connectivity index (χ2v) is 3.58. The van der Waals surface area contributed by atoms with Crippen molar-refractivity contribution >= 4 is 12.2 Å². The average Bonchev–Trinajstić information content (AvgIpc) is 2.16. The Kier molecular flexibility index (Phi) is 2.09. The summed E-state index contributed by atoms with van der Waals surface area (Å²) in [4.78, 5) is 0. The molecule has 0 N–H and O–H groups in total. The Morgan fingerprint density at radius 1 is 1.31 bits per heavy atom. The van der Waals surface area contributed by atoms with Crippen molar-refractivity contribution in [3.63, 3.8) is 0 Å². The molecule has 1 heteroatoms. The Balaban J connectivity index is 2.62. The number of methoxy groups -OCH3 is 1. The van der Waals surface area contributed by atoms with Crippen LogP contribution in [0.2, 0.25) is 0 Å². The lowest BCUT2D eigenvalue weighted by molar-refractivity contribution is 0.414. The molecule has 0 spiro atoms. The normalized spacial score (nSPS) is 19.7. The van der Waals surface area contributed by atoms with Crippen LogP contribution in [0.3, 0.4) is 0 Å². The Labute approximate surface area is 78.3 Å². The van der Waals surface area contributed by atoms with Crippen LogP contribution in [0.15, 0.2) is 18.2 Å². The molecule has 1 nitrogen and oxygen atoms in total. The van der Waals surface area contributed by atoms with E-state index in [1.807, 2.05) is 6.07 Å². The van der Waals surface area contributed by atoms with Gasteiger partial charge in [0, 0.05) is 0 Å². The fourth-order valence-corrected chi connectivity index (χ4v) is 1.70. The molecule has 0 radical (unpaired) electrons. The maximum atomic E-state index is 5.18. The van der Waals surface area contributed by atoms with Crippen molar-refractivity contribution in [1.82, 2.24) is 0 Å². The van der Waals surface area contributed by atoms with E-state index in [0.717, 1.165) is 12.2 Å². The lowest BCUT2D eigenvalue weighted by atomic mass is 9.99. The van der Waals surface area contributed by atoms with Gasteiger partial charge in [0.15, 0.2) is 0 Å². The molecule has 13 heavy (non-hydrogen) atoms. The molecule has 1 aliphatic rings. The van der Waals surface area contributed by atoms with E-state index in [-0.39, 0.29) is 0 Å². The van der Waals surface area contributed by atoms with Crippen molar-refractivity contribution in [2.45, 2.75) is 13.3 Å². The molecule has 1 unspecified atom stereocenters. The summed E-state index contributed by atoms with van der Waals surface area (Å²) in [5.41, 5.74) is 0. The summed E-state index contributed by atoms with van der Waals surface area (Å²) < 4.78 is 5.18. The highest BCUT2D eigenvalue weighted by Gasteiger charge is 2.01. The van der Waals surface area contributed by atoms with Crippen LogP contribution in [0.25, 0.3) is 12.2 Å². The first kappa shape index (κ1) is 8.36. The lowest BCUT2D eigenvalue weighted by Crippen LogP contribution is -2.28. The predicted octanol–water partition coefficient (Wildman–Crippen LogP) is 1.30. The smallest absolute Gasteiger partial charge is 0.119 e. The molecule has 1 aromatic carbocycles. The van der Waals surface area contributed by atoms with Gasteiger partial charge in [0.2, 0.25) is 0 Å². The van der Waals surface area contributed by atoms with Gasteiger partial charge in [-0.1, -0.05) is 25.1 Å². The van der Waals surface area contributed by atoms with Gasteiger partial charge in [-0.15, -0.1) is 0 Å². The largest absolute Gasteiger partial charge is 0.497 e. The van der Waals surface area contributed by atoms with Gasteiger partial charge in [-0.3, -0.25) is 0 Å². The summed E-state index contributed by atoms with van der Waals surface area (Å²) in [5.74, 6) is 1.59. The fraction of sp³-hybridized carbons (Fsp3) is 0.333. The molecule has 0 heterocycles. The van der Waals surface area contributed by atoms with Gasteiger partial charge in [-0.25, -0.2) is 0 Å². The van der Waals surface area contributed by atoms with Crippen molar-refractivity contribution < 1.29 is 4.74 Å². The minimum atomic E-state index is 0.652. The number of fused-ring (bicyclic) bond motifs is 1. The van der Waals surface area contributed by atoms with Crippen LogP contribution in [-0.4, -0.2) is 7.11 Å². The second-order valence-electron chi connectivity index (χ2n) is 3.58. The van der Waals surface area contributed by atoms with Crippen LogP contribution in [0.1, 0.15) is 13.3 Å². The van der Waals surface area contributed by atoms with E-state index in [1.165, 1.54) is 10.4 Å². The zero-order valence-corrected chi connectivity index (χ0v) is 8.08. The third-order valence-corrected chi connectivity index (χ3v) is 2.47. The maximum Gasteiger partial charge on any atom is 0.119 e. The molecule has 0 bridgehead atoms. The first-order valence-corrected chi connectivity index (χ1v) is 4.65. The number of benzene rings is 1. The Bertz CT molecular complexity index is 417. The first-order valence-electron chi connectivity index (χ1n) is 4.65. The highest BCUT2D eigenvalue weighted by Crippen LogP contribution is 2.08. The highest BCUT2D eigenvalue weighted by atomic mass is 16.5. The van der Waals surface area contributed by atoms with E-state index < -0.39 is 0 Å². The summed E-state index contributed by atoms with van der Waals surface area (Å²) in [6.07, 6.45) is 5.75. The topological polar surface area (TPSA) is 9.23 Å². The zero-order chi connectivity index (χ0) is 9.26. The number of ether oxygens (including phenoxy) is 1. The summed E-state index contributed by atoms with van der Waals surface area (Å²) in [6.45, 7) is 2.24. The van der Waals surface area contributed by atoms with E-state index in [4.69, 9.17) is 4.74 Å². The zero-order valence-electron chi connectivity index (χ0n) is 8.08. The van der Waals surface area contributed by atoms with Crippen LogP contribution in [0, 0.1) is 5.92 Å². The molecule has 0 saturated heterocycles. The molecule has 0 aliphatic heterocycles. The highest BCUT2D eigenvalue weighted by molar-refractivity contribution is 5.42. The van der Waals surface area contributed by atoms with Gasteiger partial charge in [-0.05, 0) is 34.9 Å². The second kappa shape index (κ2) is 3.25. The molecule has 1 atom stereocenters. The van der Waals surface area contributed by atoms with Crippen molar-refractivity contribution in [2.24, 2.45) is 5.92 Å². The van der Waals surface area contributed by atoms with E-state index in [0.29, 0.717) is 5.92 Å². The molecule has 0 amide bonds. The minimum absolute atomic E-state index is 0.652. The molecular weight excluding hydrogens is 160 g/mol. The van der Waals surface area contributed by atoms with Gasteiger partial charge >= 0.3 is 0 Å². The summed E-state index contributed by atoms with van der Waals surface area (Å²) in [7, 11) is 1.71. The van der Waals surface area contributed by atoms with Crippen LogP contribution in [-0.2, 0) is 0 Å². The van der Waals surface area contributed by atoms with Gasteiger partial charge in [0.1, 0.15) is 5.75 Å². The van der Waals surface area contributed by atoms with Crippen LogP contribution < -0.4 is 15.2 Å². The number of rotatable bonds is 1. The van der Waals surface area contributed by atoms with Crippen molar-refractivity contribution in [2.75, 3.05) is 7.11 Å². The fourth-order valence-electron chi connectivity index (χ4n) is 1.70. The van der Waals surface area contributed by atoms with Crippen molar-refractivity contribution in [1.29, 1.82) is 0 Å². The van der Waals surface area contributed by atoms with Gasteiger partial charge in [0.05, 0.1) is 7.11 Å². The third-order valence-electron chi connectivity index (χ3n) is 2.47. The van der Waals surface area contributed by atoms with E-state index in [2.05, 4.69) is 31.2 Å². The molecule has 1 aliphatic carbocycles. The summed E-state index contributed by atoms with van der Waals surface area (Å²) >= 11 is 0. The molecular formula is C12H14O. The number of hydrogen-bond acceptors (Lipinski definition) is 1. The quantitative estimate of drug-likeness (QED) is 0.623. The lowest BCUT2D eigenvalue weighted by Gasteiger charge is -2.08. The van der Waals surface area contributed by atoms with Crippen molar-refractivity contribution in [3.8, 4) is 5.75 Å². The van der Waals surface area contributed by atoms with Crippen LogP contribution in [0.4, 0.5) is 0 Å². The van der Waals surface area contributed by atoms with Gasteiger partial charge < -0.3 is 4.74 Å². The minimum Gasteiger partial charge on any atom is -0.497 e.